The Bertz CT molecular complexity index is 361. The quantitative estimate of drug-likeness (QED) is 0.535. The molecule has 0 heterocycles. The molecular formula is C12H12O2. The lowest BCUT2D eigenvalue weighted by Crippen LogP contribution is -1.98. The molecule has 1 aromatic rings. The highest BCUT2D eigenvalue weighted by molar-refractivity contribution is 5.96. The van der Waals surface area contributed by atoms with Crippen molar-refractivity contribution in [3.63, 3.8) is 0 Å². The van der Waals surface area contributed by atoms with Crippen molar-refractivity contribution in [1.82, 2.24) is 0 Å². The number of benzene rings is 1. The molecule has 0 aromatic heterocycles. The zero-order valence-corrected chi connectivity index (χ0v) is 8.12. The van der Waals surface area contributed by atoms with Crippen LogP contribution in [0.5, 0.6) is 5.75 Å². The van der Waals surface area contributed by atoms with E-state index in [0.717, 1.165) is 0 Å². The SMILES string of the molecule is C#CCOc1cccc(C(=O)CC)c1. The second-order valence-corrected chi connectivity index (χ2v) is 2.80. The Balaban J connectivity index is 2.79. The van der Waals surface area contributed by atoms with Crippen molar-refractivity contribution in [2.75, 3.05) is 6.61 Å². The van der Waals surface area contributed by atoms with Gasteiger partial charge in [-0.3, -0.25) is 4.79 Å². The number of ketones is 1. The number of hydrogen-bond donors (Lipinski definition) is 0. The van der Waals surface area contributed by atoms with Gasteiger partial charge in [-0.05, 0) is 12.1 Å². The van der Waals surface area contributed by atoms with Crippen molar-refractivity contribution in [2.45, 2.75) is 13.3 Å². The van der Waals surface area contributed by atoms with E-state index in [1.807, 2.05) is 6.92 Å². The van der Waals surface area contributed by atoms with Gasteiger partial charge in [-0.1, -0.05) is 25.0 Å². The lowest BCUT2D eigenvalue weighted by Gasteiger charge is -2.03. The van der Waals surface area contributed by atoms with Crippen LogP contribution in [0.1, 0.15) is 23.7 Å². The molecule has 0 spiro atoms. The van der Waals surface area contributed by atoms with Gasteiger partial charge in [0.05, 0.1) is 0 Å². The van der Waals surface area contributed by atoms with Gasteiger partial charge >= 0.3 is 0 Å². The van der Waals surface area contributed by atoms with Crippen LogP contribution in [0.4, 0.5) is 0 Å². The number of carbonyl (C=O) groups is 1. The second kappa shape index (κ2) is 5.08. The molecule has 0 amide bonds. The van der Waals surface area contributed by atoms with Crippen molar-refractivity contribution < 1.29 is 9.53 Å². The number of carbonyl (C=O) groups excluding carboxylic acids is 1. The fourth-order valence-corrected chi connectivity index (χ4v) is 1.09. The molecule has 0 radical (unpaired) electrons. The standard InChI is InChI=1S/C12H12O2/c1-3-8-14-11-7-5-6-10(9-11)12(13)4-2/h1,5-7,9H,4,8H2,2H3. The highest BCUT2D eigenvalue weighted by atomic mass is 16.5. The van der Waals surface area contributed by atoms with Gasteiger partial charge in [-0.2, -0.15) is 0 Å². The minimum atomic E-state index is 0.108. The van der Waals surface area contributed by atoms with E-state index >= 15 is 0 Å². The average Bonchev–Trinajstić information content (AvgIpc) is 2.25. The Morgan fingerprint density at radius 1 is 1.57 bits per heavy atom. The highest BCUT2D eigenvalue weighted by Gasteiger charge is 2.03. The number of hydrogen-bond acceptors (Lipinski definition) is 2. The van der Waals surface area contributed by atoms with Gasteiger partial charge in [-0.25, -0.2) is 0 Å². The fourth-order valence-electron chi connectivity index (χ4n) is 1.09. The van der Waals surface area contributed by atoms with E-state index in [-0.39, 0.29) is 12.4 Å². The van der Waals surface area contributed by atoms with E-state index in [1.54, 1.807) is 24.3 Å². The van der Waals surface area contributed by atoms with E-state index < -0.39 is 0 Å². The van der Waals surface area contributed by atoms with Crippen LogP contribution < -0.4 is 4.74 Å². The van der Waals surface area contributed by atoms with E-state index in [9.17, 15) is 4.79 Å². The lowest BCUT2D eigenvalue weighted by molar-refractivity contribution is 0.0988. The van der Waals surface area contributed by atoms with Crippen molar-refractivity contribution in [2.24, 2.45) is 0 Å². The van der Waals surface area contributed by atoms with Crippen LogP contribution in [0, 0.1) is 12.3 Å². The molecule has 72 valence electrons. The van der Waals surface area contributed by atoms with Gasteiger partial charge in [0.1, 0.15) is 12.4 Å². The Morgan fingerprint density at radius 3 is 3.00 bits per heavy atom. The molecule has 2 heteroatoms. The topological polar surface area (TPSA) is 26.3 Å². The van der Waals surface area contributed by atoms with Crippen molar-refractivity contribution >= 4 is 5.78 Å². The van der Waals surface area contributed by atoms with Crippen molar-refractivity contribution in [1.29, 1.82) is 0 Å². The third kappa shape index (κ3) is 2.63. The van der Waals surface area contributed by atoms with Crippen molar-refractivity contribution in [3.8, 4) is 18.1 Å². The molecule has 0 saturated heterocycles. The lowest BCUT2D eigenvalue weighted by atomic mass is 10.1. The van der Waals surface area contributed by atoms with Gasteiger partial charge in [0.2, 0.25) is 0 Å². The Kier molecular flexibility index (Phi) is 3.75. The summed E-state index contributed by atoms with van der Waals surface area (Å²) < 4.78 is 5.20. The highest BCUT2D eigenvalue weighted by Crippen LogP contribution is 2.14. The largest absolute Gasteiger partial charge is 0.481 e. The molecule has 0 aliphatic rings. The minimum Gasteiger partial charge on any atom is -0.481 e. The first-order chi connectivity index (χ1) is 6.77. The van der Waals surface area contributed by atoms with Gasteiger partial charge in [0.15, 0.2) is 5.78 Å². The summed E-state index contributed by atoms with van der Waals surface area (Å²) in [4.78, 5) is 11.3. The molecule has 14 heavy (non-hydrogen) atoms. The molecule has 0 fully saturated rings. The van der Waals surface area contributed by atoms with E-state index in [0.29, 0.717) is 17.7 Å². The Hall–Kier alpha value is -1.75. The molecule has 2 nitrogen and oxygen atoms in total. The third-order valence-electron chi connectivity index (χ3n) is 1.80. The summed E-state index contributed by atoms with van der Waals surface area (Å²) in [5, 5.41) is 0. The average molecular weight is 188 g/mol. The Labute approximate surface area is 83.9 Å². The summed E-state index contributed by atoms with van der Waals surface area (Å²) in [5.41, 5.74) is 0.669. The molecule has 0 bridgehead atoms. The zero-order valence-electron chi connectivity index (χ0n) is 8.12. The van der Waals surface area contributed by atoms with Crippen LogP contribution in [0.3, 0.4) is 0 Å². The summed E-state index contributed by atoms with van der Waals surface area (Å²) >= 11 is 0. The molecule has 0 aliphatic carbocycles. The summed E-state index contributed by atoms with van der Waals surface area (Å²) in [6, 6.07) is 7.05. The zero-order chi connectivity index (χ0) is 10.4. The first-order valence-electron chi connectivity index (χ1n) is 4.47. The number of ether oxygens (including phenoxy) is 1. The van der Waals surface area contributed by atoms with E-state index in [4.69, 9.17) is 11.2 Å². The molecule has 1 aromatic carbocycles. The fraction of sp³-hybridized carbons (Fsp3) is 0.250. The summed E-state index contributed by atoms with van der Waals surface area (Å²) in [5.74, 6) is 3.12. The predicted molar refractivity (Wildman–Crippen MR) is 55.4 cm³/mol. The van der Waals surface area contributed by atoms with Gasteiger partial charge in [0.25, 0.3) is 0 Å². The normalized spacial score (nSPS) is 9.14. The smallest absolute Gasteiger partial charge is 0.162 e. The van der Waals surface area contributed by atoms with Gasteiger partial charge in [-0.15, -0.1) is 6.42 Å². The van der Waals surface area contributed by atoms with E-state index in [2.05, 4.69) is 5.92 Å². The maximum Gasteiger partial charge on any atom is 0.162 e. The number of Topliss-reactive ketones (excluding diaryl/α,β-unsaturated/α-hetero) is 1. The van der Waals surface area contributed by atoms with Gasteiger partial charge in [0, 0.05) is 12.0 Å². The third-order valence-corrected chi connectivity index (χ3v) is 1.80. The first-order valence-corrected chi connectivity index (χ1v) is 4.47. The number of terminal acetylenes is 1. The summed E-state index contributed by atoms with van der Waals surface area (Å²) in [6.45, 7) is 2.06. The van der Waals surface area contributed by atoms with Gasteiger partial charge < -0.3 is 4.74 Å². The minimum absolute atomic E-state index is 0.108. The molecule has 0 saturated carbocycles. The van der Waals surface area contributed by atoms with Crippen LogP contribution in [-0.2, 0) is 0 Å². The summed E-state index contributed by atoms with van der Waals surface area (Å²) in [7, 11) is 0. The molecule has 0 N–H and O–H groups in total. The predicted octanol–water partition coefficient (Wildman–Crippen LogP) is 2.29. The van der Waals surface area contributed by atoms with Crippen LogP contribution in [0.15, 0.2) is 24.3 Å². The second-order valence-electron chi connectivity index (χ2n) is 2.80. The molecule has 1 rings (SSSR count). The van der Waals surface area contributed by atoms with Crippen LogP contribution in [-0.4, -0.2) is 12.4 Å². The summed E-state index contributed by atoms with van der Waals surface area (Å²) in [6.07, 6.45) is 5.56. The van der Waals surface area contributed by atoms with Crippen LogP contribution >= 0.6 is 0 Å². The van der Waals surface area contributed by atoms with Crippen LogP contribution in [0.2, 0.25) is 0 Å². The van der Waals surface area contributed by atoms with E-state index in [1.165, 1.54) is 0 Å². The maximum atomic E-state index is 11.3. The first kappa shape index (κ1) is 10.3. The number of rotatable bonds is 4. The molecular weight excluding hydrogens is 176 g/mol. The van der Waals surface area contributed by atoms with Crippen LogP contribution in [0.25, 0.3) is 0 Å². The maximum absolute atomic E-state index is 11.3. The monoisotopic (exact) mass is 188 g/mol. The Morgan fingerprint density at radius 2 is 2.36 bits per heavy atom. The molecule has 0 aliphatic heterocycles. The molecule has 0 atom stereocenters. The molecule has 0 unspecified atom stereocenters. The van der Waals surface area contributed by atoms with Crippen molar-refractivity contribution in [3.05, 3.63) is 29.8 Å².